The molecular formula is C17H27NO4S. The molecule has 1 aromatic rings. The molecule has 5 nitrogen and oxygen atoms in total. The molecule has 1 aliphatic rings. The number of benzene rings is 1. The molecule has 1 heterocycles. The Bertz CT molecular complexity index is 595. The van der Waals surface area contributed by atoms with Gasteiger partial charge in [-0.1, -0.05) is 30.3 Å². The molecule has 1 aliphatic heterocycles. The van der Waals surface area contributed by atoms with E-state index in [1.807, 2.05) is 32.0 Å². The van der Waals surface area contributed by atoms with E-state index in [9.17, 15) is 13.5 Å². The minimum absolute atomic E-state index is 0.0235. The fraction of sp³-hybridized carbons (Fsp3) is 0.647. The summed E-state index contributed by atoms with van der Waals surface area (Å²) in [6, 6.07) is 10.2. The molecule has 0 bridgehead atoms. The van der Waals surface area contributed by atoms with Crippen molar-refractivity contribution in [2.45, 2.75) is 44.9 Å². The van der Waals surface area contributed by atoms with E-state index in [1.165, 1.54) is 5.56 Å². The molecule has 0 saturated carbocycles. The second-order valence-corrected chi connectivity index (χ2v) is 8.65. The highest BCUT2D eigenvalue weighted by Gasteiger charge is 2.37. The zero-order chi connectivity index (χ0) is 17.1. The van der Waals surface area contributed by atoms with Gasteiger partial charge in [0.2, 0.25) is 0 Å². The summed E-state index contributed by atoms with van der Waals surface area (Å²) in [6.45, 7) is 5.44. The van der Waals surface area contributed by atoms with Crippen molar-refractivity contribution in [2.75, 3.05) is 19.4 Å². The molecule has 2 unspecified atom stereocenters. The predicted molar refractivity (Wildman–Crippen MR) is 90.5 cm³/mol. The van der Waals surface area contributed by atoms with Gasteiger partial charge >= 0.3 is 0 Å². The summed E-state index contributed by atoms with van der Waals surface area (Å²) in [6.07, 6.45) is 2.67. The maximum absolute atomic E-state index is 11.2. The molecule has 0 amide bonds. The minimum Gasteiger partial charge on any atom is -0.389 e. The van der Waals surface area contributed by atoms with Gasteiger partial charge in [-0.15, -0.1) is 0 Å². The highest BCUT2D eigenvalue weighted by Crippen LogP contribution is 2.31. The Morgan fingerprint density at radius 1 is 1.30 bits per heavy atom. The van der Waals surface area contributed by atoms with Crippen molar-refractivity contribution in [1.82, 2.24) is 4.90 Å². The van der Waals surface area contributed by atoms with Crippen LogP contribution in [0.3, 0.4) is 0 Å². The molecule has 6 heteroatoms. The van der Waals surface area contributed by atoms with E-state index in [4.69, 9.17) is 4.18 Å². The molecule has 1 N–H and O–H groups in total. The first-order valence-electron chi connectivity index (χ1n) is 8.00. The van der Waals surface area contributed by atoms with Crippen molar-refractivity contribution < 1.29 is 17.7 Å². The van der Waals surface area contributed by atoms with Crippen LogP contribution < -0.4 is 0 Å². The molecule has 0 aromatic heterocycles. The number of rotatable bonds is 6. The molecule has 23 heavy (non-hydrogen) atoms. The maximum Gasteiger partial charge on any atom is 0.264 e. The summed E-state index contributed by atoms with van der Waals surface area (Å²) in [5.41, 5.74) is 0.367. The highest BCUT2D eigenvalue weighted by atomic mass is 32.2. The lowest BCUT2D eigenvalue weighted by Crippen LogP contribution is -2.53. The monoisotopic (exact) mass is 341 g/mol. The maximum atomic E-state index is 11.2. The van der Waals surface area contributed by atoms with Crippen LogP contribution in [-0.2, 0) is 20.8 Å². The molecule has 1 fully saturated rings. The lowest BCUT2D eigenvalue weighted by molar-refractivity contribution is -0.0556. The number of aliphatic hydroxyl groups is 1. The molecule has 0 aliphatic carbocycles. The van der Waals surface area contributed by atoms with Gasteiger partial charge in [-0.05, 0) is 44.7 Å². The van der Waals surface area contributed by atoms with E-state index in [2.05, 4.69) is 17.0 Å². The fourth-order valence-electron chi connectivity index (χ4n) is 3.20. The number of piperidine rings is 1. The van der Waals surface area contributed by atoms with Gasteiger partial charge in [0.05, 0.1) is 18.5 Å². The number of likely N-dealkylation sites (tertiary alicyclic amines) is 1. The molecule has 2 rings (SSSR count). The largest absolute Gasteiger partial charge is 0.389 e. The molecule has 130 valence electrons. The van der Waals surface area contributed by atoms with E-state index in [0.29, 0.717) is 0 Å². The quantitative estimate of drug-likeness (QED) is 0.802. The van der Waals surface area contributed by atoms with Gasteiger partial charge in [0.25, 0.3) is 10.1 Å². The summed E-state index contributed by atoms with van der Waals surface area (Å²) in [5, 5.41) is 10.5. The van der Waals surface area contributed by atoms with Crippen molar-refractivity contribution in [3.05, 3.63) is 35.9 Å². The van der Waals surface area contributed by atoms with E-state index in [1.54, 1.807) is 0 Å². The lowest BCUT2D eigenvalue weighted by atomic mass is 9.83. The van der Waals surface area contributed by atoms with Crippen LogP contribution in [0.15, 0.2) is 30.3 Å². The Morgan fingerprint density at radius 2 is 1.96 bits per heavy atom. The summed E-state index contributed by atoms with van der Waals surface area (Å²) < 4.78 is 27.3. The smallest absolute Gasteiger partial charge is 0.264 e. The third kappa shape index (κ3) is 5.88. The van der Waals surface area contributed by atoms with Gasteiger partial charge in [0, 0.05) is 12.6 Å². The standard InChI is InChI=1S/C17H27NO4S/c1-17(2,19)16-11-15(13-22-23(3,20)21)9-10-18(16)12-14-7-5-4-6-8-14/h4-8,15-16,19H,9-13H2,1-3H3. The van der Waals surface area contributed by atoms with Crippen LogP contribution in [-0.4, -0.2) is 49.5 Å². The van der Waals surface area contributed by atoms with Crippen molar-refractivity contribution in [2.24, 2.45) is 5.92 Å². The first-order valence-corrected chi connectivity index (χ1v) is 9.81. The van der Waals surface area contributed by atoms with Gasteiger partial charge in [-0.2, -0.15) is 8.42 Å². The number of hydrogen-bond donors (Lipinski definition) is 1. The normalized spacial score (nSPS) is 23.8. The van der Waals surface area contributed by atoms with Crippen LogP contribution in [0.4, 0.5) is 0 Å². The molecular weight excluding hydrogens is 314 g/mol. The lowest BCUT2D eigenvalue weighted by Gasteiger charge is -2.45. The Hall–Kier alpha value is -0.950. The van der Waals surface area contributed by atoms with Crippen LogP contribution in [0, 0.1) is 5.92 Å². The average Bonchev–Trinajstić information content (AvgIpc) is 2.45. The molecule has 0 radical (unpaired) electrons. The first kappa shape index (κ1) is 18.4. The summed E-state index contributed by atoms with van der Waals surface area (Å²) in [5.74, 6) is 0.146. The molecule has 0 spiro atoms. The Kier molecular flexibility index (Phi) is 5.84. The molecule has 1 saturated heterocycles. The topological polar surface area (TPSA) is 66.8 Å². The Balaban J connectivity index is 2.04. The van der Waals surface area contributed by atoms with Gasteiger partial charge < -0.3 is 5.11 Å². The Labute approximate surface area is 139 Å². The second-order valence-electron chi connectivity index (χ2n) is 7.00. The zero-order valence-electron chi connectivity index (χ0n) is 14.1. The van der Waals surface area contributed by atoms with Crippen molar-refractivity contribution in [3.8, 4) is 0 Å². The van der Waals surface area contributed by atoms with Crippen LogP contribution in [0.1, 0.15) is 32.3 Å². The Morgan fingerprint density at radius 3 is 2.52 bits per heavy atom. The average molecular weight is 341 g/mol. The minimum atomic E-state index is -3.41. The zero-order valence-corrected chi connectivity index (χ0v) is 14.9. The van der Waals surface area contributed by atoms with Crippen LogP contribution in [0.5, 0.6) is 0 Å². The number of hydrogen-bond acceptors (Lipinski definition) is 5. The molecule has 2 atom stereocenters. The van der Waals surface area contributed by atoms with Gasteiger partial charge in [0.15, 0.2) is 0 Å². The molecule has 1 aromatic carbocycles. The van der Waals surface area contributed by atoms with Crippen LogP contribution >= 0.6 is 0 Å². The van der Waals surface area contributed by atoms with E-state index in [-0.39, 0.29) is 18.6 Å². The number of nitrogens with zero attached hydrogens (tertiary/aromatic N) is 1. The van der Waals surface area contributed by atoms with Crippen LogP contribution in [0.25, 0.3) is 0 Å². The van der Waals surface area contributed by atoms with Crippen molar-refractivity contribution in [3.63, 3.8) is 0 Å². The second kappa shape index (κ2) is 7.30. The summed E-state index contributed by atoms with van der Waals surface area (Å²) in [7, 11) is -3.41. The van der Waals surface area contributed by atoms with Crippen LogP contribution in [0.2, 0.25) is 0 Å². The van der Waals surface area contributed by atoms with E-state index < -0.39 is 15.7 Å². The van der Waals surface area contributed by atoms with E-state index >= 15 is 0 Å². The predicted octanol–water partition coefficient (Wildman–Crippen LogP) is 2.01. The third-order valence-electron chi connectivity index (χ3n) is 4.38. The van der Waals surface area contributed by atoms with Gasteiger partial charge in [-0.25, -0.2) is 0 Å². The first-order chi connectivity index (χ1) is 10.6. The highest BCUT2D eigenvalue weighted by molar-refractivity contribution is 7.85. The fourth-order valence-corrected chi connectivity index (χ4v) is 3.64. The summed E-state index contributed by atoms with van der Waals surface area (Å²) >= 11 is 0. The van der Waals surface area contributed by atoms with E-state index in [0.717, 1.165) is 32.2 Å². The van der Waals surface area contributed by atoms with Gasteiger partial charge in [0.1, 0.15) is 0 Å². The van der Waals surface area contributed by atoms with Crippen molar-refractivity contribution in [1.29, 1.82) is 0 Å². The third-order valence-corrected chi connectivity index (χ3v) is 4.95. The SMILES string of the molecule is CC(C)(O)C1CC(COS(C)(=O)=O)CCN1Cc1ccccc1. The van der Waals surface area contributed by atoms with Gasteiger partial charge in [-0.3, -0.25) is 9.08 Å². The summed E-state index contributed by atoms with van der Waals surface area (Å²) in [4.78, 5) is 2.28. The van der Waals surface area contributed by atoms with Crippen molar-refractivity contribution >= 4 is 10.1 Å².